The Morgan fingerprint density at radius 3 is 2.90 bits per heavy atom. The number of nitrogens with zero attached hydrogens (tertiary/aromatic N) is 2. The van der Waals surface area contributed by atoms with E-state index in [0.29, 0.717) is 18.7 Å². The van der Waals surface area contributed by atoms with Gasteiger partial charge in [-0.25, -0.2) is 4.79 Å². The van der Waals surface area contributed by atoms with Gasteiger partial charge in [-0.3, -0.25) is 9.48 Å². The lowest BCUT2D eigenvalue weighted by molar-refractivity contribution is -0.142. The van der Waals surface area contributed by atoms with Crippen molar-refractivity contribution in [1.82, 2.24) is 15.1 Å². The van der Waals surface area contributed by atoms with Crippen molar-refractivity contribution >= 4 is 17.7 Å². The highest BCUT2D eigenvalue weighted by molar-refractivity contribution is 5.89. The maximum absolute atomic E-state index is 11.9. The summed E-state index contributed by atoms with van der Waals surface area (Å²) in [5.74, 6) is -1.08. The van der Waals surface area contributed by atoms with Crippen LogP contribution in [0.5, 0.6) is 0 Å². The molecule has 1 aromatic heterocycles. The number of hydrogen-bond acceptors (Lipinski definition) is 3. The minimum atomic E-state index is -0.764. The summed E-state index contributed by atoms with van der Waals surface area (Å²) >= 11 is 0. The first-order valence-corrected chi connectivity index (χ1v) is 7.31. The number of carbonyl (C=O) groups excluding carboxylic acids is 1. The molecule has 0 aromatic carbocycles. The average molecular weight is 294 g/mol. The largest absolute Gasteiger partial charge is 0.481 e. The lowest BCUT2D eigenvalue weighted by atomic mass is 9.96. The Labute approximate surface area is 123 Å². The lowest BCUT2D eigenvalue weighted by Crippen LogP contribution is -2.35. The van der Waals surface area contributed by atoms with E-state index in [1.54, 1.807) is 17.9 Å². The van der Waals surface area contributed by atoms with Gasteiger partial charge in [0.05, 0.1) is 17.3 Å². The molecule has 3 N–H and O–H groups in total. The first-order valence-electron chi connectivity index (χ1n) is 7.31. The number of hydrogen-bond donors (Lipinski definition) is 3. The zero-order valence-electron chi connectivity index (χ0n) is 12.4. The van der Waals surface area contributed by atoms with Gasteiger partial charge in [0.1, 0.15) is 0 Å². The molecule has 0 radical (unpaired) electrons. The maximum atomic E-state index is 11.9. The van der Waals surface area contributed by atoms with Crippen LogP contribution < -0.4 is 10.6 Å². The standard InChI is InChI=1S/C14H22N4O3/c1-3-11-12(8-18(2)17-11)16-14(21)15-7-9-5-4-6-10(9)13(19)20/h8-10H,3-7H2,1-2H3,(H,19,20)(H2,15,16,21). The van der Waals surface area contributed by atoms with Gasteiger partial charge in [-0.05, 0) is 25.2 Å². The zero-order valence-corrected chi connectivity index (χ0v) is 12.4. The van der Waals surface area contributed by atoms with E-state index in [1.165, 1.54) is 0 Å². The zero-order chi connectivity index (χ0) is 15.4. The van der Waals surface area contributed by atoms with Crippen LogP contribution in [0.3, 0.4) is 0 Å². The van der Waals surface area contributed by atoms with Gasteiger partial charge in [-0.15, -0.1) is 0 Å². The van der Waals surface area contributed by atoms with E-state index in [1.807, 2.05) is 6.92 Å². The van der Waals surface area contributed by atoms with Gasteiger partial charge in [-0.2, -0.15) is 5.10 Å². The molecule has 1 aliphatic carbocycles. The van der Waals surface area contributed by atoms with Gasteiger partial charge in [0.15, 0.2) is 0 Å². The molecule has 0 aliphatic heterocycles. The van der Waals surface area contributed by atoms with Crippen molar-refractivity contribution in [3.63, 3.8) is 0 Å². The Hall–Kier alpha value is -2.05. The highest BCUT2D eigenvalue weighted by Gasteiger charge is 2.32. The van der Waals surface area contributed by atoms with Crippen LogP contribution in [-0.2, 0) is 18.3 Å². The number of rotatable bonds is 5. The molecule has 116 valence electrons. The third-order valence-electron chi connectivity index (χ3n) is 3.99. The lowest BCUT2D eigenvalue weighted by Gasteiger charge is -2.16. The van der Waals surface area contributed by atoms with Crippen LogP contribution in [0.2, 0.25) is 0 Å². The van der Waals surface area contributed by atoms with Crippen molar-refractivity contribution in [2.75, 3.05) is 11.9 Å². The first kappa shape index (κ1) is 15.3. The smallest absolute Gasteiger partial charge is 0.319 e. The number of aliphatic carboxylic acids is 1. The molecule has 1 fully saturated rings. The number of carbonyl (C=O) groups is 2. The van der Waals surface area contributed by atoms with Crippen molar-refractivity contribution in [1.29, 1.82) is 0 Å². The summed E-state index contributed by atoms with van der Waals surface area (Å²) in [6.07, 6.45) is 4.96. The molecule has 0 bridgehead atoms. The summed E-state index contributed by atoms with van der Waals surface area (Å²) in [5, 5.41) is 18.9. The highest BCUT2D eigenvalue weighted by atomic mass is 16.4. The average Bonchev–Trinajstić information content (AvgIpc) is 3.02. The Morgan fingerprint density at radius 2 is 2.24 bits per heavy atom. The Morgan fingerprint density at radius 1 is 1.48 bits per heavy atom. The van der Waals surface area contributed by atoms with E-state index in [9.17, 15) is 9.59 Å². The molecule has 2 rings (SSSR count). The SMILES string of the molecule is CCc1nn(C)cc1NC(=O)NCC1CCCC1C(=O)O. The molecule has 2 unspecified atom stereocenters. The van der Waals surface area contributed by atoms with Crippen LogP contribution in [0.15, 0.2) is 6.20 Å². The number of carboxylic acid groups (broad SMARTS) is 1. The third kappa shape index (κ3) is 3.74. The number of carboxylic acids is 1. The molecule has 0 spiro atoms. The van der Waals surface area contributed by atoms with E-state index in [0.717, 1.165) is 25.0 Å². The van der Waals surface area contributed by atoms with Gasteiger partial charge < -0.3 is 15.7 Å². The molecule has 2 atom stereocenters. The summed E-state index contributed by atoms with van der Waals surface area (Å²) in [6.45, 7) is 2.37. The number of nitrogens with one attached hydrogen (secondary N) is 2. The maximum Gasteiger partial charge on any atom is 0.319 e. The van der Waals surface area contributed by atoms with Crippen molar-refractivity contribution < 1.29 is 14.7 Å². The number of anilines is 1. The van der Waals surface area contributed by atoms with E-state index < -0.39 is 5.97 Å². The van der Waals surface area contributed by atoms with Gasteiger partial charge in [0.25, 0.3) is 0 Å². The second kappa shape index (κ2) is 6.60. The second-order valence-electron chi connectivity index (χ2n) is 5.49. The molecule has 7 nitrogen and oxygen atoms in total. The molecule has 7 heteroatoms. The van der Waals surface area contributed by atoms with E-state index in [-0.39, 0.29) is 17.9 Å². The highest BCUT2D eigenvalue weighted by Crippen LogP contribution is 2.31. The minimum absolute atomic E-state index is 0.0211. The number of urea groups is 1. The Kier molecular flexibility index (Phi) is 4.82. The predicted molar refractivity (Wildman–Crippen MR) is 78.1 cm³/mol. The fraction of sp³-hybridized carbons (Fsp3) is 0.643. The van der Waals surface area contributed by atoms with Crippen LogP contribution in [0.1, 0.15) is 31.9 Å². The molecule has 1 saturated carbocycles. The van der Waals surface area contributed by atoms with E-state index in [2.05, 4.69) is 15.7 Å². The predicted octanol–water partition coefficient (Wildman–Crippen LogP) is 1.60. The fourth-order valence-electron chi connectivity index (χ4n) is 2.90. The van der Waals surface area contributed by atoms with Crippen molar-refractivity contribution in [2.24, 2.45) is 18.9 Å². The fourth-order valence-corrected chi connectivity index (χ4v) is 2.90. The molecule has 21 heavy (non-hydrogen) atoms. The molecule has 2 amide bonds. The second-order valence-corrected chi connectivity index (χ2v) is 5.49. The van der Waals surface area contributed by atoms with Crippen molar-refractivity contribution in [3.05, 3.63) is 11.9 Å². The summed E-state index contributed by atoms with van der Waals surface area (Å²) in [7, 11) is 1.80. The van der Waals surface area contributed by atoms with Gasteiger partial charge in [-0.1, -0.05) is 13.3 Å². The molecule has 1 aliphatic rings. The van der Waals surface area contributed by atoms with Crippen LogP contribution in [-0.4, -0.2) is 33.4 Å². The summed E-state index contributed by atoms with van der Waals surface area (Å²) in [6, 6.07) is -0.311. The summed E-state index contributed by atoms with van der Waals surface area (Å²) < 4.78 is 1.66. The summed E-state index contributed by atoms with van der Waals surface area (Å²) in [4.78, 5) is 23.0. The van der Waals surface area contributed by atoms with E-state index >= 15 is 0 Å². The third-order valence-corrected chi connectivity index (χ3v) is 3.99. The van der Waals surface area contributed by atoms with Gasteiger partial charge >= 0.3 is 12.0 Å². The van der Waals surface area contributed by atoms with Crippen LogP contribution >= 0.6 is 0 Å². The van der Waals surface area contributed by atoms with Crippen LogP contribution in [0.4, 0.5) is 10.5 Å². The molecule has 0 saturated heterocycles. The van der Waals surface area contributed by atoms with Crippen LogP contribution in [0, 0.1) is 11.8 Å². The number of amides is 2. The number of aryl methyl sites for hydroxylation is 2. The van der Waals surface area contributed by atoms with Gasteiger partial charge in [0, 0.05) is 19.8 Å². The minimum Gasteiger partial charge on any atom is -0.481 e. The van der Waals surface area contributed by atoms with E-state index in [4.69, 9.17) is 5.11 Å². The molecule has 1 heterocycles. The Balaban J connectivity index is 1.86. The quantitative estimate of drug-likeness (QED) is 0.768. The monoisotopic (exact) mass is 294 g/mol. The number of aromatic nitrogens is 2. The summed E-state index contributed by atoms with van der Waals surface area (Å²) in [5.41, 5.74) is 1.52. The van der Waals surface area contributed by atoms with Crippen molar-refractivity contribution in [3.8, 4) is 0 Å². The van der Waals surface area contributed by atoms with Crippen molar-refractivity contribution in [2.45, 2.75) is 32.6 Å². The molecular formula is C14H22N4O3. The van der Waals surface area contributed by atoms with Crippen LogP contribution in [0.25, 0.3) is 0 Å². The molecular weight excluding hydrogens is 272 g/mol. The Bertz CT molecular complexity index is 526. The normalized spacial score (nSPS) is 21.2. The van der Waals surface area contributed by atoms with Gasteiger partial charge in [0.2, 0.25) is 0 Å². The topological polar surface area (TPSA) is 96.3 Å². The molecule has 1 aromatic rings. The first-order chi connectivity index (χ1) is 10.0.